The highest BCUT2D eigenvalue weighted by Gasteiger charge is 2.17. The Labute approximate surface area is 177 Å². The number of thiazole rings is 1. The lowest BCUT2D eigenvalue weighted by Gasteiger charge is -2.03. The van der Waals surface area contributed by atoms with Crippen LogP contribution in [0.15, 0.2) is 61.1 Å². The maximum absolute atomic E-state index is 12.6. The van der Waals surface area contributed by atoms with E-state index in [4.69, 9.17) is 5.26 Å². The summed E-state index contributed by atoms with van der Waals surface area (Å²) in [7, 11) is 0. The summed E-state index contributed by atoms with van der Waals surface area (Å²) in [6.07, 6.45) is 5.31. The van der Waals surface area contributed by atoms with Crippen molar-refractivity contribution < 1.29 is 4.79 Å². The van der Waals surface area contributed by atoms with Gasteiger partial charge in [-0.15, -0.1) is 11.3 Å². The van der Waals surface area contributed by atoms with Gasteiger partial charge in [-0.2, -0.15) is 10.4 Å². The molecule has 1 N–H and O–H groups in total. The summed E-state index contributed by atoms with van der Waals surface area (Å²) in [6.45, 7) is 2.83. The van der Waals surface area contributed by atoms with Crippen LogP contribution in [0, 0.1) is 18.3 Å². The van der Waals surface area contributed by atoms with Gasteiger partial charge >= 0.3 is 0 Å². The number of nitrogens with one attached hydrogen (secondary N) is 1. The quantitative estimate of drug-likeness (QED) is 0.520. The molecule has 0 spiro atoms. The monoisotopic (exact) mass is 414 g/mol. The highest BCUT2D eigenvalue weighted by molar-refractivity contribution is 7.17. The standard InChI is InChI=1S/C22H18N6OS/c1-15-20(21(29)25-13-18-3-2-9-24-12-18)30-22(26-15)19-8-10-28(27-19)14-17-6-4-16(11-23)5-7-17/h2-10,12H,13-14H2,1H3,(H,25,29). The Morgan fingerprint density at radius 2 is 2.03 bits per heavy atom. The van der Waals surface area contributed by atoms with Gasteiger partial charge in [0.1, 0.15) is 15.6 Å². The van der Waals surface area contributed by atoms with Gasteiger partial charge in [0.15, 0.2) is 0 Å². The second kappa shape index (κ2) is 8.68. The predicted molar refractivity (Wildman–Crippen MR) is 114 cm³/mol. The molecule has 3 heterocycles. The Morgan fingerprint density at radius 1 is 1.20 bits per heavy atom. The molecule has 3 aromatic heterocycles. The third kappa shape index (κ3) is 4.42. The lowest BCUT2D eigenvalue weighted by molar-refractivity contribution is 0.0954. The molecule has 0 aliphatic heterocycles. The smallest absolute Gasteiger partial charge is 0.263 e. The molecule has 0 radical (unpaired) electrons. The van der Waals surface area contributed by atoms with Crippen LogP contribution in [-0.4, -0.2) is 25.7 Å². The summed E-state index contributed by atoms with van der Waals surface area (Å²) in [5, 5.41) is 17.1. The summed E-state index contributed by atoms with van der Waals surface area (Å²) in [6, 6.07) is 15.2. The molecule has 0 unspecified atom stereocenters. The summed E-state index contributed by atoms with van der Waals surface area (Å²) in [4.78, 5) is 21.7. The van der Waals surface area contributed by atoms with Crippen LogP contribution in [0.2, 0.25) is 0 Å². The van der Waals surface area contributed by atoms with Crippen molar-refractivity contribution >= 4 is 17.2 Å². The highest BCUT2D eigenvalue weighted by atomic mass is 32.1. The molecule has 0 saturated carbocycles. The van der Waals surface area contributed by atoms with Crippen molar-refractivity contribution in [1.29, 1.82) is 5.26 Å². The number of aryl methyl sites for hydroxylation is 1. The number of hydrogen-bond acceptors (Lipinski definition) is 6. The Morgan fingerprint density at radius 3 is 2.77 bits per heavy atom. The second-order valence-electron chi connectivity index (χ2n) is 6.68. The largest absolute Gasteiger partial charge is 0.347 e. The normalized spacial score (nSPS) is 10.5. The molecule has 1 amide bonds. The van der Waals surface area contributed by atoms with E-state index in [1.165, 1.54) is 11.3 Å². The van der Waals surface area contributed by atoms with E-state index in [1.54, 1.807) is 24.5 Å². The third-order valence-electron chi connectivity index (χ3n) is 4.47. The molecule has 148 valence electrons. The first-order valence-electron chi connectivity index (χ1n) is 9.30. The van der Waals surface area contributed by atoms with Crippen LogP contribution < -0.4 is 5.32 Å². The minimum absolute atomic E-state index is 0.155. The first-order chi connectivity index (χ1) is 14.6. The molecule has 4 rings (SSSR count). The van der Waals surface area contributed by atoms with Crippen LogP contribution in [0.25, 0.3) is 10.7 Å². The van der Waals surface area contributed by atoms with E-state index in [0.717, 1.165) is 16.8 Å². The van der Waals surface area contributed by atoms with Crippen molar-refractivity contribution in [2.24, 2.45) is 0 Å². The Balaban J connectivity index is 1.45. The van der Waals surface area contributed by atoms with Gasteiger partial charge < -0.3 is 5.32 Å². The number of amides is 1. The van der Waals surface area contributed by atoms with Crippen LogP contribution in [0.4, 0.5) is 0 Å². The fourth-order valence-electron chi connectivity index (χ4n) is 2.92. The molecule has 7 nitrogen and oxygen atoms in total. The highest BCUT2D eigenvalue weighted by Crippen LogP contribution is 2.27. The summed E-state index contributed by atoms with van der Waals surface area (Å²) >= 11 is 1.33. The van der Waals surface area contributed by atoms with E-state index >= 15 is 0 Å². The van der Waals surface area contributed by atoms with Crippen molar-refractivity contribution in [2.75, 3.05) is 0 Å². The van der Waals surface area contributed by atoms with Crippen LogP contribution >= 0.6 is 11.3 Å². The minimum atomic E-state index is -0.155. The lowest BCUT2D eigenvalue weighted by Crippen LogP contribution is -2.22. The van der Waals surface area contributed by atoms with E-state index in [0.29, 0.717) is 34.2 Å². The summed E-state index contributed by atoms with van der Waals surface area (Å²) in [5.74, 6) is -0.155. The Hall–Kier alpha value is -3.83. The Kier molecular flexibility index (Phi) is 5.63. The number of pyridine rings is 1. The molecular formula is C22H18N6OS. The molecule has 30 heavy (non-hydrogen) atoms. The first kappa shape index (κ1) is 19.5. The number of hydrogen-bond donors (Lipinski definition) is 1. The molecule has 0 atom stereocenters. The zero-order valence-electron chi connectivity index (χ0n) is 16.2. The molecule has 0 bridgehead atoms. The number of rotatable bonds is 6. The van der Waals surface area contributed by atoms with Gasteiger partial charge in [0.2, 0.25) is 0 Å². The second-order valence-corrected chi connectivity index (χ2v) is 7.68. The van der Waals surface area contributed by atoms with Crippen LogP contribution in [0.5, 0.6) is 0 Å². The number of carbonyl (C=O) groups is 1. The van der Waals surface area contributed by atoms with Gasteiger partial charge in [-0.25, -0.2) is 4.98 Å². The van der Waals surface area contributed by atoms with Gasteiger partial charge in [-0.1, -0.05) is 18.2 Å². The lowest BCUT2D eigenvalue weighted by atomic mass is 10.1. The van der Waals surface area contributed by atoms with Crippen molar-refractivity contribution in [3.63, 3.8) is 0 Å². The minimum Gasteiger partial charge on any atom is -0.347 e. The van der Waals surface area contributed by atoms with Crippen molar-refractivity contribution in [3.05, 3.63) is 88.3 Å². The van der Waals surface area contributed by atoms with Gasteiger partial charge in [0.25, 0.3) is 5.91 Å². The molecule has 0 aliphatic carbocycles. The van der Waals surface area contributed by atoms with Gasteiger partial charge in [-0.05, 0) is 42.3 Å². The first-order valence-corrected chi connectivity index (χ1v) is 10.1. The molecule has 1 aromatic carbocycles. The van der Waals surface area contributed by atoms with Crippen molar-refractivity contribution in [3.8, 4) is 16.8 Å². The van der Waals surface area contributed by atoms with Crippen LogP contribution in [0.3, 0.4) is 0 Å². The number of carbonyl (C=O) groups excluding carboxylic acids is 1. The maximum Gasteiger partial charge on any atom is 0.263 e. The van der Waals surface area contributed by atoms with E-state index in [9.17, 15) is 4.79 Å². The van der Waals surface area contributed by atoms with E-state index in [-0.39, 0.29) is 5.91 Å². The third-order valence-corrected chi connectivity index (χ3v) is 5.64. The number of nitrogens with zero attached hydrogens (tertiary/aromatic N) is 5. The molecular weight excluding hydrogens is 396 g/mol. The van der Waals surface area contributed by atoms with Gasteiger partial charge in [0.05, 0.1) is 23.9 Å². The van der Waals surface area contributed by atoms with Crippen molar-refractivity contribution in [2.45, 2.75) is 20.0 Å². The number of aromatic nitrogens is 4. The van der Waals surface area contributed by atoms with Gasteiger partial charge in [0, 0.05) is 25.1 Å². The van der Waals surface area contributed by atoms with E-state index in [1.807, 2.05) is 48.1 Å². The average molecular weight is 414 g/mol. The zero-order valence-corrected chi connectivity index (χ0v) is 17.1. The molecule has 8 heteroatoms. The molecule has 4 aromatic rings. The molecule has 0 saturated heterocycles. The van der Waals surface area contributed by atoms with Crippen LogP contribution in [-0.2, 0) is 13.1 Å². The van der Waals surface area contributed by atoms with E-state index in [2.05, 4.69) is 26.5 Å². The zero-order chi connectivity index (χ0) is 20.9. The predicted octanol–water partition coefficient (Wildman–Crippen LogP) is 3.56. The summed E-state index contributed by atoms with van der Waals surface area (Å²) < 4.78 is 1.82. The van der Waals surface area contributed by atoms with Gasteiger partial charge in [-0.3, -0.25) is 14.5 Å². The fraction of sp³-hybridized carbons (Fsp3) is 0.136. The van der Waals surface area contributed by atoms with Crippen molar-refractivity contribution in [1.82, 2.24) is 25.1 Å². The number of nitriles is 1. The summed E-state index contributed by atoms with van der Waals surface area (Å²) in [5.41, 5.74) is 4.03. The van der Waals surface area contributed by atoms with E-state index < -0.39 is 0 Å². The molecule has 0 aliphatic rings. The topological polar surface area (TPSA) is 96.5 Å². The van der Waals surface area contributed by atoms with Crippen LogP contribution in [0.1, 0.15) is 32.1 Å². The average Bonchev–Trinajstić information content (AvgIpc) is 3.40. The fourth-order valence-corrected chi connectivity index (χ4v) is 3.87. The SMILES string of the molecule is Cc1nc(-c2ccn(Cc3ccc(C#N)cc3)n2)sc1C(=O)NCc1cccnc1. The number of benzene rings is 1. The molecule has 0 fully saturated rings. The maximum atomic E-state index is 12.6. The Bertz CT molecular complexity index is 1200.